The minimum atomic E-state index is -0.417. The van der Waals surface area contributed by atoms with Crippen LogP contribution in [0.2, 0.25) is 0 Å². The third-order valence-corrected chi connectivity index (χ3v) is 4.29. The van der Waals surface area contributed by atoms with Crippen molar-refractivity contribution in [2.24, 2.45) is 5.92 Å². The van der Waals surface area contributed by atoms with Gasteiger partial charge in [-0.25, -0.2) is 4.98 Å². The second-order valence-electron chi connectivity index (χ2n) is 6.29. The number of amides is 2. The van der Waals surface area contributed by atoms with Gasteiger partial charge in [0.15, 0.2) is 0 Å². The number of hydrogen-bond donors (Lipinski definition) is 1. The van der Waals surface area contributed by atoms with Gasteiger partial charge in [-0.2, -0.15) is 0 Å². The number of nitrogens with zero attached hydrogens (tertiary/aromatic N) is 2. The summed E-state index contributed by atoms with van der Waals surface area (Å²) < 4.78 is 5.36. The molecule has 6 heteroatoms. The van der Waals surface area contributed by atoms with E-state index in [-0.39, 0.29) is 18.2 Å². The first kappa shape index (κ1) is 17.0. The van der Waals surface area contributed by atoms with E-state index in [0.29, 0.717) is 23.8 Å². The van der Waals surface area contributed by atoms with Crippen LogP contribution >= 0.6 is 0 Å². The Labute approximate surface area is 146 Å². The number of benzene rings is 1. The van der Waals surface area contributed by atoms with Crippen LogP contribution in [0.15, 0.2) is 36.5 Å². The molecule has 1 saturated heterocycles. The molecule has 0 spiro atoms. The number of aromatic nitrogens is 1. The summed E-state index contributed by atoms with van der Waals surface area (Å²) >= 11 is 0. The first-order valence-electron chi connectivity index (χ1n) is 8.16. The van der Waals surface area contributed by atoms with Gasteiger partial charge in [0.2, 0.25) is 11.8 Å². The second kappa shape index (κ2) is 6.93. The first-order chi connectivity index (χ1) is 12.0. The summed E-state index contributed by atoms with van der Waals surface area (Å²) in [5, 5.41) is 2.80. The lowest BCUT2D eigenvalue weighted by atomic mass is 10.1. The summed E-state index contributed by atoms with van der Waals surface area (Å²) in [4.78, 5) is 30.7. The number of aryl methyl sites for hydroxylation is 2. The number of ether oxygens (including phenoxy) is 1. The summed E-state index contributed by atoms with van der Waals surface area (Å²) in [5.41, 5.74) is 2.75. The van der Waals surface area contributed by atoms with Crippen molar-refractivity contribution in [2.75, 3.05) is 23.9 Å². The van der Waals surface area contributed by atoms with Gasteiger partial charge in [0.1, 0.15) is 11.6 Å². The Hall–Kier alpha value is -2.89. The van der Waals surface area contributed by atoms with Gasteiger partial charge in [-0.15, -0.1) is 0 Å². The highest BCUT2D eigenvalue weighted by Crippen LogP contribution is 2.34. The summed E-state index contributed by atoms with van der Waals surface area (Å²) in [5.74, 6) is 0.436. The molecule has 25 heavy (non-hydrogen) atoms. The molecular formula is C19H21N3O3. The molecule has 2 heterocycles. The lowest BCUT2D eigenvalue weighted by Gasteiger charge is -2.20. The highest BCUT2D eigenvalue weighted by molar-refractivity contribution is 6.04. The van der Waals surface area contributed by atoms with Crippen LogP contribution in [0.3, 0.4) is 0 Å². The minimum absolute atomic E-state index is 0.0822. The number of rotatable bonds is 4. The zero-order valence-corrected chi connectivity index (χ0v) is 14.6. The fourth-order valence-electron chi connectivity index (χ4n) is 2.96. The van der Waals surface area contributed by atoms with Gasteiger partial charge in [-0.05, 0) is 49.2 Å². The number of carbonyl (C=O) groups excluding carboxylic acids is 2. The maximum absolute atomic E-state index is 12.5. The lowest BCUT2D eigenvalue weighted by molar-refractivity contribution is -0.122. The van der Waals surface area contributed by atoms with E-state index in [2.05, 4.69) is 10.3 Å². The van der Waals surface area contributed by atoms with Gasteiger partial charge < -0.3 is 15.0 Å². The van der Waals surface area contributed by atoms with Gasteiger partial charge in [0, 0.05) is 19.2 Å². The van der Waals surface area contributed by atoms with Crippen molar-refractivity contribution < 1.29 is 14.3 Å². The average molecular weight is 339 g/mol. The Balaban J connectivity index is 1.76. The Morgan fingerprint density at radius 3 is 2.72 bits per heavy atom. The van der Waals surface area contributed by atoms with Gasteiger partial charge in [-0.1, -0.05) is 6.07 Å². The number of methoxy groups -OCH3 is 1. The van der Waals surface area contributed by atoms with Crippen LogP contribution in [0.1, 0.15) is 17.5 Å². The van der Waals surface area contributed by atoms with E-state index in [9.17, 15) is 9.59 Å². The Morgan fingerprint density at radius 2 is 2.00 bits per heavy atom. The fraction of sp³-hybridized carbons (Fsp3) is 0.316. The largest absolute Gasteiger partial charge is 0.495 e. The number of nitrogens with one attached hydrogen (secondary N) is 1. The molecule has 1 N–H and O–H groups in total. The molecule has 6 nitrogen and oxygen atoms in total. The zero-order chi connectivity index (χ0) is 18.0. The third-order valence-electron chi connectivity index (χ3n) is 4.29. The first-order valence-corrected chi connectivity index (χ1v) is 8.16. The van der Waals surface area contributed by atoms with Crippen molar-refractivity contribution in [2.45, 2.75) is 20.3 Å². The molecule has 1 aliphatic heterocycles. The SMILES string of the molecule is COc1ccc(C)cc1N1CC(C(=O)Nc2cc(C)ccn2)CC1=O. The van der Waals surface area contributed by atoms with E-state index in [0.717, 1.165) is 11.1 Å². The molecule has 0 radical (unpaired) electrons. The topological polar surface area (TPSA) is 71.5 Å². The molecular weight excluding hydrogens is 318 g/mol. The van der Waals surface area contributed by atoms with Crippen molar-refractivity contribution in [3.63, 3.8) is 0 Å². The number of hydrogen-bond acceptors (Lipinski definition) is 4. The normalized spacial score (nSPS) is 16.8. The van der Waals surface area contributed by atoms with Crippen molar-refractivity contribution in [1.82, 2.24) is 4.98 Å². The van der Waals surface area contributed by atoms with Crippen LogP contribution in [-0.4, -0.2) is 30.5 Å². The zero-order valence-electron chi connectivity index (χ0n) is 14.6. The molecule has 0 bridgehead atoms. The van der Waals surface area contributed by atoms with Crippen molar-refractivity contribution >= 4 is 23.3 Å². The molecule has 1 unspecified atom stereocenters. The molecule has 130 valence electrons. The predicted molar refractivity (Wildman–Crippen MR) is 95.8 cm³/mol. The van der Waals surface area contributed by atoms with Crippen LogP contribution in [0.5, 0.6) is 5.75 Å². The standard InChI is InChI=1S/C19H21N3O3/c1-12-4-5-16(25-3)15(8-12)22-11-14(10-18(22)23)19(24)21-17-9-13(2)6-7-20-17/h4-9,14H,10-11H2,1-3H3,(H,20,21,24). The van der Waals surface area contributed by atoms with Crippen molar-refractivity contribution in [3.05, 3.63) is 47.7 Å². The third kappa shape index (κ3) is 3.63. The van der Waals surface area contributed by atoms with Gasteiger partial charge in [0.05, 0.1) is 18.7 Å². The lowest BCUT2D eigenvalue weighted by Crippen LogP contribution is -2.28. The van der Waals surface area contributed by atoms with E-state index >= 15 is 0 Å². The molecule has 1 aromatic heterocycles. The van der Waals surface area contributed by atoms with E-state index < -0.39 is 5.92 Å². The molecule has 1 fully saturated rings. The molecule has 2 amide bonds. The monoisotopic (exact) mass is 339 g/mol. The number of carbonyl (C=O) groups is 2. The Kier molecular flexibility index (Phi) is 4.70. The predicted octanol–water partition coefficient (Wildman–Crippen LogP) is 2.70. The van der Waals surface area contributed by atoms with E-state index in [1.165, 1.54) is 0 Å². The summed E-state index contributed by atoms with van der Waals surface area (Å²) in [6, 6.07) is 9.33. The minimum Gasteiger partial charge on any atom is -0.495 e. The quantitative estimate of drug-likeness (QED) is 0.930. The van der Waals surface area contributed by atoms with Gasteiger partial charge in [0.25, 0.3) is 0 Å². The van der Waals surface area contributed by atoms with Crippen LogP contribution in [-0.2, 0) is 9.59 Å². The molecule has 3 rings (SSSR count). The van der Waals surface area contributed by atoms with Crippen molar-refractivity contribution in [3.8, 4) is 5.75 Å². The Bertz CT molecular complexity index is 819. The molecule has 2 aromatic rings. The van der Waals surface area contributed by atoms with E-state index in [1.54, 1.807) is 24.3 Å². The molecule has 1 aliphatic rings. The van der Waals surface area contributed by atoms with Crippen LogP contribution in [0.25, 0.3) is 0 Å². The van der Waals surface area contributed by atoms with Crippen LogP contribution in [0, 0.1) is 19.8 Å². The van der Waals surface area contributed by atoms with Crippen molar-refractivity contribution in [1.29, 1.82) is 0 Å². The molecule has 0 aliphatic carbocycles. The highest BCUT2D eigenvalue weighted by atomic mass is 16.5. The van der Waals surface area contributed by atoms with Gasteiger partial charge >= 0.3 is 0 Å². The number of pyridine rings is 1. The van der Waals surface area contributed by atoms with Crippen LogP contribution < -0.4 is 15.0 Å². The van der Waals surface area contributed by atoms with E-state index in [1.807, 2.05) is 38.1 Å². The summed E-state index contributed by atoms with van der Waals surface area (Å²) in [6.07, 6.45) is 1.82. The maximum atomic E-state index is 12.5. The maximum Gasteiger partial charge on any atom is 0.230 e. The summed E-state index contributed by atoms with van der Waals surface area (Å²) in [7, 11) is 1.57. The highest BCUT2D eigenvalue weighted by Gasteiger charge is 2.36. The molecule has 1 aromatic carbocycles. The molecule has 1 atom stereocenters. The number of anilines is 2. The smallest absolute Gasteiger partial charge is 0.230 e. The molecule has 0 saturated carbocycles. The fourth-order valence-corrected chi connectivity index (χ4v) is 2.96. The van der Waals surface area contributed by atoms with Crippen LogP contribution in [0.4, 0.5) is 11.5 Å². The van der Waals surface area contributed by atoms with Gasteiger partial charge in [-0.3, -0.25) is 9.59 Å². The summed E-state index contributed by atoms with van der Waals surface area (Å²) in [6.45, 7) is 4.22. The van der Waals surface area contributed by atoms with E-state index in [4.69, 9.17) is 4.74 Å². The average Bonchev–Trinajstić information content (AvgIpc) is 2.96. The Morgan fingerprint density at radius 1 is 1.24 bits per heavy atom. The second-order valence-corrected chi connectivity index (χ2v) is 6.29.